The molecule has 0 radical (unpaired) electrons. The predicted octanol–water partition coefficient (Wildman–Crippen LogP) is 2.58. The molecule has 2 N–H and O–H groups in total. The average molecular weight is 394 g/mol. The monoisotopic (exact) mass is 394 g/mol. The number of nitrogens with zero attached hydrogens (tertiary/aromatic N) is 2. The molecule has 0 aromatic carbocycles. The number of hydrogen-bond acceptors (Lipinski definition) is 2. The van der Waals surface area contributed by atoms with Crippen molar-refractivity contribution < 1.29 is 0 Å². The second-order valence-corrected chi connectivity index (χ2v) is 6.19. The van der Waals surface area contributed by atoms with E-state index in [9.17, 15) is 0 Å². The fraction of sp³-hybridized carbons (Fsp3) is 0.933. The van der Waals surface area contributed by atoms with E-state index in [0.717, 1.165) is 25.1 Å². The Morgan fingerprint density at radius 1 is 1.20 bits per heavy atom. The first-order valence-electron chi connectivity index (χ1n) is 7.93. The summed E-state index contributed by atoms with van der Waals surface area (Å²) < 4.78 is 0. The van der Waals surface area contributed by atoms with Crippen molar-refractivity contribution in [1.29, 1.82) is 0 Å². The van der Waals surface area contributed by atoms with E-state index in [4.69, 9.17) is 0 Å². The molecule has 4 nitrogen and oxygen atoms in total. The second-order valence-electron chi connectivity index (χ2n) is 6.19. The Morgan fingerprint density at radius 2 is 1.85 bits per heavy atom. The molecule has 0 saturated heterocycles. The molecule has 0 aliphatic heterocycles. The van der Waals surface area contributed by atoms with E-state index in [2.05, 4.69) is 34.4 Å². The summed E-state index contributed by atoms with van der Waals surface area (Å²) in [6, 6.07) is 2.13. The van der Waals surface area contributed by atoms with Crippen molar-refractivity contribution >= 4 is 29.9 Å². The number of aliphatic imine (C=N–C) groups is 1. The molecule has 0 aromatic heterocycles. The molecular formula is C15H31IN4. The van der Waals surface area contributed by atoms with Gasteiger partial charge in [0.2, 0.25) is 0 Å². The predicted molar refractivity (Wildman–Crippen MR) is 97.0 cm³/mol. The van der Waals surface area contributed by atoms with Crippen molar-refractivity contribution in [2.45, 2.75) is 70.5 Å². The Hall–Kier alpha value is -0.0400. The van der Waals surface area contributed by atoms with Gasteiger partial charge in [-0.2, -0.15) is 0 Å². The largest absolute Gasteiger partial charge is 0.355 e. The van der Waals surface area contributed by atoms with E-state index in [1.165, 1.54) is 38.5 Å². The van der Waals surface area contributed by atoms with Crippen LogP contribution in [-0.4, -0.2) is 49.1 Å². The highest BCUT2D eigenvalue weighted by atomic mass is 127. The van der Waals surface area contributed by atoms with Crippen LogP contribution in [0.4, 0.5) is 0 Å². The van der Waals surface area contributed by atoms with Crippen LogP contribution in [0.1, 0.15) is 52.4 Å². The van der Waals surface area contributed by atoms with Gasteiger partial charge in [-0.15, -0.1) is 24.0 Å². The summed E-state index contributed by atoms with van der Waals surface area (Å²) in [5, 5.41) is 7.00. The Morgan fingerprint density at radius 3 is 2.35 bits per heavy atom. The molecule has 2 fully saturated rings. The molecule has 0 atom stereocenters. The van der Waals surface area contributed by atoms with Gasteiger partial charge in [-0.3, -0.25) is 9.89 Å². The van der Waals surface area contributed by atoms with Crippen molar-refractivity contribution in [3.63, 3.8) is 0 Å². The van der Waals surface area contributed by atoms with Gasteiger partial charge >= 0.3 is 0 Å². The van der Waals surface area contributed by atoms with Gasteiger partial charge in [0.1, 0.15) is 0 Å². The number of hydrogen-bond donors (Lipinski definition) is 2. The second kappa shape index (κ2) is 9.07. The van der Waals surface area contributed by atoms with Gasteiger partial charge in [0.15, 0.2) is 5.96 Å². The van der Waals surface area contributed by atoms with Crippen LogP contribution in [0.25, 0.3) is 0 Å². The number of guanidine groups is 1. The molecule has 5 heteroatoms. The zero-order valence-electron chi connectivity index (χ0n) is 13.2. The first-order chi connectivity index (χ1) is 9.20. The van der Waals surface area contributed by atoms with E-state index in [0.29, 0.717) is 12.1 Å². The Labute approximate surface area is 141 Å². The zero-order valence-corrected chi connectivity index (χ0v) is 15.5. The van der Waals surface area contributed by atoms with Crippen molar-refractivity contribution in [3.05, 3.63) is 0 Å². The Balaban J connectivity index is 0.00000200. The highest BCUT2D eigenvalue weighted by molar-refractivity contribution is 14.0. The maximum Gasteiger partial charge on any atom is 0.191 e. The quantitative estimate of drug-likeness (QED) is 0.413. The normalized spacial score (nSPS) is 20.4. The molecule has 0 amide bonds. The molecule has 2 aliphatic carbocycles. The Kier molecular flexibility index (Phi) is 8.17. The zero-order chi connectivity index (χ0) is 13.7. The third-order valence-corrected chi connectivity index (χ3v) is 4.26. The lowest BCUT2D eigenvalue weighted by molar-refractivity contribution is 0.215. The lowest BCUT2D eigenvalue weighted by Crippen LogP contribution is -2.46. The Bertz CT molecular complexity index is 294. The van der Waals surface area contributed by atoms with Gasteiger partial charge in [-0.25, -0.2) is 0 Å². The smallest absolute Gasteiger partial charge is 0.191 e. The van der Waals surface area contributed by atoms with Crippen LogP contribution in [-0.2, 0) is 0 Å². The third kappa shape index (κ3) is 5.76. The van der Waals surface area contributed by atoms with Gasteiger partial charge in [-0.1, -0.05) is 12.8 Å². The van der Waals surface area contributed by atoms with E-state index in [1.807, 2.05) is 7.05 Å². The van der Waals surface area contributed by atoms with E-state index < -0.39 is 0 Å². The summed E-state index contributed by atoms with van der Waals surface area (Å²) in [5.41, 5.74) is 0. The van der Waals surface area contributed by atoms with Gasteiger partial charge in [0.05, 0.1) is 0 Å². The number of nitrogens with one attached hydrogen (secondary N) is 2. The minimum absolute atomic E-state index is 0. The number of halogens is 1. The standard InChI is InChI=1S/C15H30N4.HI/c1-12(2)19(14-8-9-14)11-10-17-15(16-3)18-13-6-4-5-7-13;/h12-14H,4-11H2,1-3H3,(H2,16,17,18);1H. The van der Waals surface area contributed by atoms with Crippen LogP contribution in [0, 0.1) is 0 Å². The molecule has 2 aliphatic rings. The average Bonchev–Trinajstić information content (AvgIpc) is 3.09. The summed E-state index contributed by atoms with van der Waals surface area (Å²) in [6.07, 6.45) is 8.07. The minimum atomic E-state index is 0. The molecule has 0 unspecified atom stereocenters. The van der Waals surface area contributed by atoms with Crippen LogP contribution < -0.4 is 10.6 Å². The van der Waals surface area contributed by atoms with Crippen molar-refractivity contribution in [2.75, 3.05) is 20.1 Å². The fourth-order valence-corrected chi connectivity index (χ4v) is 3.03. The first kappa shape index (κ1) is 18.0. The molecule has 0 heterocycles. The van der Waals surface area contributed by atoms with E-state index in [-0.39, 0.29) is 24.0 Å². The van der Waals surface area contributed by atoms with Crippen molar-refractivity contribution in [3.8, 4) is 0 Å². The highest BCUT2D eigenvalue weighted by Gasteiger charge is 2.30. The van der Waals surface area contributed by atoms with Gasteiger partial charge in [0.25, 0.3) is 0 Å². The summed E-state index contributed by atoms with van der Waals surface area (Å²) >= 11 is 0. The van der Waals surface area contributed by atoms with Crippen LogP contribution in [0.3, 0.4) is 0 Å². The van der Waals surface area contributed by atoms with Crippen molar-refractivity contribution in [1.82, 2.24) is 15.5 Å². The maximum atomic E-state index is 4.33. The minimum Gasteiger partial charge on any atom is -0.355 e. The van der Waals surface area contributed by atoms with Gasteiger partial charge < -0.3 is 10.6 Å². The fourth-order valence-electron chi connectivity index (χ4n) is 3.03. The summed E-state index contributed by atoms with van der Waals surface area (Å²) in [5.74, 6) is 0.978. The first-order valence-corrected chi connectivity index (χ1v) is 7.93. The lowest BCUT2D eigenvalue weighted by Gasteiger charge is -2.27. The van der Waals surface area contributed by atoms with Crippen LogP contribution in [0.5, 0.6) is 0 Å². The van der Waals surface area contributed by atoms with Crippen LogP contribution in [0.15, 0.2) is 4.99 Å². The van der Waals surface area contributed by atoms with Crippen molar-refractivity contribution in [2.24, 2.45) is 4.99 Å². The molecule has 0 spiro atoms. The molecular weight excluding hydrogens is 363 g/mol. The molecule has 118 valence electrons. The molecule has 20 heavy (non-hydrogen) atoms. The number of rotatable bonds is 6. The summed E-state index contributed by atoms with van der Waals surface area (Å²) in [6.45, 7) is 6.70. The third-order valence-electron chi connectivity index (χ3n) is 4.26. The van der Waals surface area contributed by atoms with Gasteiger partial charge in [0, 0.05) is 38.3 Å². The van der Waals surface area contributed by atoms with E-state index in [1.54, 1.807) is 0 Å². The van der Waals surface area contributed by atoms with Crippen LogP contribution >= 0.6 is 24.0 Å². The lowest BCUT2D eigenvalue weighted by atomic mass is 10.2. The van der Waals surface area contributed by atoms with Crippen LogP contribution in [0.2, 0.25) is 0 Å². The molecule has 2 saturated carbocycles. The molecule has 0 bridgehead atoms. The molecule has 0 aromatic rings. The van der Waals surface area contributed by atoms with E-state index >= 15 is 0 Å². The summed E-state index contributed by atoms with van der Waals surface area (Å²) in [7, 11) is 1.87. The SMILES string of the molecule is CN=C(NCCN(C(C)C)C1CC1)NC1CCCC1.I. The topological polar surface area (TPSA) is 39.7 Å². The maximum absolute atomic E-state index is 4.33. The van der Waals surface area contributed by atoms with Gasteiger partial charge in [-0.05, 0) is 39.5 Å². The molecule has 2 rings (SSSR count). The summed E-state index contributed by atoms with van der Waals surface area (Å²) in [4.78, 5) is 6.94. The highest BCUT2D eigenvalue weighted by Crippen LogP contribution is 2.27.